The Morgan fingerprint density at radius 2 is 2.20 bits per heavy atom. The Hall–Kier alpha value is -0.420. The Morgan fingerprint density at radius 3 is 2.60 bits per heavy atom. The van der Waals surface area contributed by atoms with Crippen LogP contribution in [-0.4, -0.2) is 33.7 Å². The lowest BCUT2D eigenvalue weighted by Crippen LogP contribution is -2.54. The van der Waals surface area contributed by atoms with Crippen molar-refractivity contribution in [2.24, 2.45) is 11.7 Å². The van der Waals surface area contributed by atoms with Gasteiger partial charge in [0.1, 0.15) is 0 Å². The molecule has 5 heteroatoms. The second kappa shape index (κ2) is 4.61. The minimum atomic E-state index is -0.904. The van der Waals surface area contributed by atoms with E-state index in [0.29, 0.717) is 12.5 Å². The van der Waals surface area contributed by atoms with E-state index in [1.54, 1.807) is 13.2 Å². The zero-order valence-corrected chi connectivity index (χ0v) is 10.4. The Kier molecular flexibility index (Phi) is 3.89. The van der Waals surface area contributed by atoms with Crippen LogP contribution in [0.4, 0.5) is 0 Å². The number of carbonyl (C=O) groups excluding carboxylic acids is 1. The summed E-state index contributed by atoms with van der Waals surface area (Å²) < 4.78 is 11.1. The second-order valence-electron chi connectivity index (χ2n) is 4.58. The number of hydrogen-bond acceptors (Lipinski definition) is 3. The summed E-state index contributed by atoms with van der Waals surface area (Å²) in [7, 11) is -0.904. The standard InChI is InChI=1S/C10H20N2O2S/c1-7(15(3)14)6-12-9(13)10(2,11)8-4-5-8/h7-8H,4-6,11H2,1-3H3,(H,12,13). The first-order chi connectivity index (χ1) is 6.85. The quantitative estimate of drug-likeness (QED) is 0.700. The molecule has 0 aromatic heterocycles. The Labute approximate surface area is 93.4 Å². The van der Waals surface area contributed by atoms with E-state index < -0.39 is 16.3 Å². The van der Waals surface area contributed by atoms with Crippen LogP contribution in [-0.2, 0) is 15.6 Å². The van der Waals surface area contributed by atoms with Crippen molar-refractivity contribution < 1.29 is 9.00 Å². The summed E-state index contributed by atoms with van der Waals surface area (Å²) in [6.07, 6.45) is 3.71. The van der Waals surface area contributed by atoms with Crippen molar-refractivity contribution in [3.05, 3.63) is 0 Å². The third-order valence-electron chi connectivity index (χ3n) is 3.03. The molecular weight excluding hydrogens is 212 g/mol. The van der Waals surface area contributed by atoms with Crippen LogP contribution >= 0.6 is 0 Å². The molecule has 0 bridgehead atoms. The van der Waals surface area contributed by atoms with Crippen molar-refractivity contribution in [1.29, 1.82) is 0 Å². The van der Waals surface area contributed by atoms with E-state index >= 15 is 0 Å². The first-order valence-corrected chi connectivity index (χ1v) is 6.87. The van der Waals surface area contributed by atoms with E-state index in [-0.39, 0.29) is 11.2 Å². The monoisotopic (exact) mass is 232 g/mol. The van der Waals surface area contributed by atoms with Gasteiger partial charge in [0.15, 0.2) is 0 Å². The van der Waals surface area contributed by atoms with Gasteiger partial charge in [-0.15, -0.1) is 0 Å². The highest BCUT2D eigenvalue weighted by molar-refractivity contribution is 7.84. The highest BCUT2D eigenvalue weighted by Gasteiger charge is 2.43. The van der Waals surface area contributed by atoms with Crippen LogP contribution in [0.15, 0.2) is 0 Å². The molecule has 3 unspecified atom stereocenters. The number of amides is 1. The molecule has 0 aliphatic heterocycles. The number of nitrogens with one attached hydrogen (secondary N) is 1. The van der Waals surface area contributed by atoms with Crippen LogP contribution in [0.1, 0.15) is 26.7 Å². The molecule has 3 N–H and O–H groups in total. The largest absolute Gasteiger partial charge is 0.353 e. The van der Waals surface area contributed by atoms with Crippen molar-refractivity contribution in [2.75, 3.05) is 12.8 Å². The predicted octanol–water partition coefficient (Wildman–Crippen LogP) is -0.00300. The van der Waals surface area contributed by atoms with Gasteiger partial charge in [-0.1, -0.05) is 0 Å². The van der Waals surface area contributed by atoms with Gasteiger partial charge < -0.3 is 11.1 Å². The lowest BCUT2D eigenvalue weighted by atomic mass is 9.96. The molecule has 88 valence electrons. The molecular formula is C10H20N2O2S. The fourth-order valence-corrected chi connectivity index (χ4v) is 1.73. The van der Waals surface area contributed by atoms with Crippen molar-refractivity contribution in [3.8, 4) is 0 Å². The van der Waals surface area contributed by atoms with E-state index in [9.17, 15) is 9.00 Å². The maximum Gasteiger partial charge on any atom is 0.240 e. The highest BCUT2D eigenvalue weighted by atomic mass is 32.2. The van der Waals surface area contributed by atoms with Gasteiger partial charge >= 0.3 is 0 Å². The van der Waals surface area contributed by atoms with Crippen LogP contribution in [0.3, 0.4) is 0 Å². The fourth-order valence-electron chi connectivity index (χ4n) is 1.41. The number of rotatable bonds is 5. The molecule has 1 amide bonds. The molecule has 1 rings (SSSR count). The van der Waals surface area contributed by atoms with Gasteiger partial charge in [0.2, 0.25) is 5.91 Å². The lowest BCUT2D eigenvalue weighted by molar-refractivity contribution is -0.126. The molecule has 0 aromatic carbocycles. The average Bonchev–Trinajstić information content (AvgIpc) is 2.95. The maximum absolute atomic E-state index is 11.7. The van der Waals surface area contributed by atoms with Crippen LogP contribution in [0.5, 0.6) is 0 Å². The van der Waals surface area contributed by atoms with Crippen molar-refractivity contribution in [3.63, 3.8) is 0 Å². The zero-order chi connectivity index (χ0) is 11.6. The first kappa shape index (κ1) is 12.6. The van der Waals surface area contributed by atoms with Gasteiger partial charge in [0.05, 0.1) is 5.54 Å². The molecule has 1 fully saturated rings. The SMILES string of the molecule is CC(CNC(=O)C(C)(N)C1CC1)S(C)=O. The van der Waals surface area contributed by atoms with Crippen LogP contribution < -0.4 is 11.1 Å². The molecule has 0 radical (unpaired) electrons. The predicted molar refractivity (Wildman–Crippen MR) is 61.9 cm³/mol. The van der Waals surface area contributed by atoms with Gasteiger partial charge in [0.25, 0.3) is 0 Å². The van der Waals surface area contributed by atoms with Gasteiger partial charge in [-0.25, -0.2) is 0 Å². The average molecular weight is 232 g/mol. The van der Waals surface area contributed by atoms with E-state index in [4.69, 9.17) is 5.73 Å². The smallest absolute Gasteiger partial charge is 0.240 e. The maximum atomic E-state index is 11.7. The Morgan fingerprint density at radius 1 is 1.67 bits per heavy atom. The third-order valence-corrected chi connectivity index (χ3v) is 4.33. The summed E-state index contributed by atoms with van der Waals surface area (Å²) >= 11 is 0. The minimum Gasteiger partial charge on any atom is -0.353 e. The molecule has 1 saturated carbocycles. The molecule has 0 saturated heterocycles. The zero-order valence-electron chi connectivity index (χ0n) is 9.58. The van der Waals surface area contributed by atoms with Gasteiger partial charge in [-0.05, 0) is 32.6 Å². The number of nitrogens with two attached hydrogens (primary N) is 1. The Balaban J connectivity index is 2.38. The van der Waals surface area contributed by atoms with Gasteiger partial charge in [-0.2, -0.15) is 0 Å². The summed E-state index contributed by atoms with van der Waals surface area (Å²) in [5.74, 6) is 0.197. The summed E-state index contributed by atoms with van der Waals surface area (Å²) in [5.41, 5.74) is 5.18. The summed E-state index contributed by atoms with van der Waals surface area (Å²) in [6.45, 7) is 4.05. The first-order valence-electron chi connectivity index (χ1n) is 5.25. The van der Waals surface area contributed by atoms with Crippen molar-refractivity contribution in [2.45, 2.75) is 37.5 Å². The molecule has 0 aromatic rings. The second-order valence-corrected chi connectivity index (χ2v) is 6.38. The molecule has 3 atom stereocenters. The molecule has 0 heterocycles. The highest BCUT2D eigenvalue weighted by Crippen LogP contribution is 2.38. The van der Waals surface area contributed by atoms with Crippen LogP contribution in [0, 0.1) is 5.92 Å². The molecule has 15 heavy (non-hydrogen) atoms. The topological polar surface area (TPSA) is 72.2 Å². The van der Waals surface area contributed by atoms with E-state index in [0.717, 1.165) is 12.8 Å². The lowest BCUT2D eigenvalue weighted by Gasteiger charge is -2.23. The van der Waals surface area contributed by atoms with Gasteiger partial charge in [0, 0.05) is 28.9 Å². The normalized spacial score (nSPS) is 24.0. The summed E-state index contributed by atoms with van der Waals surface area (Å²) in [4.78, 5) is 11.7. The van der Waals surface area contributed by atoms with E-state index in [2.05, 4.69) is 5.32 Å². The third kappa shape index (κ3) is 3.28. The minimum absolute atomic E-state index is 0.0241. The van der Waals surface area contributed by atoms with Crippen LogP contribution in [0.2, 0.25) is 0 Å². The number of hydrogen-bond donors (Lipinski definition) is 2. The van der Waals surface area contributed by atoms with E-state index in [1.807, 2.05) is 6.92 Å². The molecule has 1 aliphatic rings. The summed E-state index contributed by atoms with van der Waals surface area (Å²) in [5, 5.41) is 2.74. The van der Waals surface area contributed by atoms with Gasteiger partial charge in [-0.3, -0.25) is 9.00 Å². The Bertz CT molecular complexity index is 275. The molecule has 1 aliphatic carbocycles. The molecule has 0 spiro atoms. The summed E-state index contributed by atoms with van der Waals surface area (Å²) in [6, 6.07) is 0. The van der Waals surface area contributed by atoms with Crippen molar-refractivity contribution >= 4 is 16.7 Å². The van der Waals surface area contributed by atoms with Crippen LogP contribution in [0.25, 0.3) is 0 Å². The number of carbonyl (C=O) groups is 1. The molecule has 4 nitrogen and oxygen atoms in total. The van der Waals surface area contributed by atoms with E-state index in [1.165, 1.54) is 0 Å². The fraction of sp³-hybridized carbons (Fsp3) is 0.900. The van der Waals surface area contributed by atoms with Crippen molar-refractivity contribution in [1.82, 2.24) is 5.32 Å².